The summed E-state index contributed by atoms with van der Waals surface area (Å²) in [5.41, 5.74) is 2.41. The van der Waals surface area contributed by atoms with E-state index in [9.17, 15) is 5.11 Å². The standard InChI is InChI=1S/C11H16N8O/c12-18-10-15-9(13-6-7-4-8(20)5-7)16-11(17-10)19-3-1-2-14-19/h1-3,7-8,20H,4-6,12H2,(H2,13,15,16,17,18). The molecule has 0 radical (unpaired) electrons. The monoisotopic (exact) mass is 276 g/mol. The normalized spacial score (nSPS) is 21.3. The number of hydrogen-bond donors (Lipinski definition) is 4. The van der Waals surface area contributed by atoms with Gasteiger partial charge >= 0.3 is 0 Å². The van der Waals surface area contributed by atoms with E-state index >= 15 is 0 Å². The van der Waals surface area contributed by atoms with Crippen molar-refractivity contribution < 1.29 is 5.11 Å². The third-order valence-corrected chi connectivity index (χ3v) is 3.22. The Morgan fingerprint density at radius 3 is 2.75 bits per heavy atom. The Labute approximate surface area is 115 Å². The lowest BCUT2D eigenvalue weighted by Crippen LogP contribution is -2.33. The van der Waals surface area contributed by atoms with Crippen LogP contribution in [0, 0.1) is 5.92 Å². The molecule has 1 fully saturated rings. The van der Waals surface area contributed by atoms with Crippen molar-refractivity contribution >= 4 is 11.9 Å². The van der Waals surface area contributed by atoms with Crippen molar-refractivity contribution in [3.8, 4) is 5.95 Å². The zero-order valence-corrected chi connectivity index (χ0v) is 10.8. The smallest absolute Gasteiger partial charge is 0.257 e. The van der Waals surface area contributed by atoms with Gasteiger partial charge in [0.1, 0.15) is 0 Å². The molecule has 0 atom stereocenters. The van der Waals surface area contributed by atoms with Crippen LogP contribution < -0.4 is 16.6 Å². The molecule has 0 bridgehead atoms. The minimum atomic E-state index is -0.166. The lowest BCUT2D eigenvalue weighted by molar-refractivity contribution is 0.0486. The predicted octanol–water partition coefficient (Wildman–Crippen LogP) is -0.474. The maximum Gasteiger partial charge on any atom is 0.257 e. The third-order valence-electron chi connectivity index (χ3n) is 3.22. The molecule has 106 valence electrons. The number of anilines is 2. The zero-order valence-electron chi connectivity index (χ0n) is 10.8. The summed E-state index contributed by atoms with van der Waals surface area (Å²) in [6.45, 7) is 0.712. The Morgan fingerprint density at radius 2 is 2.10 bits per heavy atom. The summed E-state index contributed by atoms with van der Waals surface area (Å²) in [5.74, 6) is 6.89. The number of hydrazine groups is 1. The van der Waals surface area contributed by atoms with Gasteiger partial charge in [0.15, 0.2) is 0 Å². The van der Waals surface area contributed by atoms with Crippen LogP contribution in [-0.4, -0.2) is 42.5 Å². The lowest BCUT2D eigenvalue weighted by atomic mass is 9.82. The molecule has 0 saturated heterocycles. The number of nitrogens with one attached hydrogen (secondary N) is 2. The van der Waals surface area contributed by atoms with Crippen molar-refractivity contribution in [3.63, 3.8) is 0 Å². The molecule has 2 heterocycles. The zero-order chi connectivity index (χ0) is 13.9. The van der Waals surface area contributed by atoms with Gasteiger partial charge in [0.2, 0.25) is 11.9 Å². The molecule has 2 aromatic heterocycles. The van der Waals surface area contributed by atoms with Crippen LogP contribution in [0.4, 0.5) is 11.9 Å². The third kappa shape index (κ3) is 2.68. The van der Waals surface area contributed by atoms with Gasteiger partial charge in [0, 0.05) is 18.9 Å². The molecule has 0 unspecified atom stereocenters. The highest BCUT2D eigenvalue weighted by Gasteiger charge is 2.26. The molecular weight excluding hydrogens is 260 g/mol. The maximum atomic E-state index is 9.26. The van der Waals surface area contributed by atoms with Crippen LogP contribution >= 0.6 is 0 Å². The molecule has 0 amide bonds. The minimum Gasteiger partial charge on any atom is -0.393 e. The number of aromatic nitrogens is 5. The van der Waals surface area contributed by atoms with Crippen molar-refractivity contribution in [2.45, 2.75) is 18.9 Å². The fourth-order valence-electron chi connectivity index (χ4n) is 2.10. The molecule has 9 nitrogen and oxygen atoms in total. The summed E-state index contributed by atoms with van der Waals surface area (Å²) in [6.07, 6.45) is 4.84. The number of rotatable bonds is 5. The molecule has 3 rings (SSSR count). The van der Waals surface area contributed by atoms with Gasteiger partial charge in [0.05, 0.1) is 6.10 Å². The second-order valence-electron chi connectivity index (χ2n) is 4.75. The average molecular weight is 276 g/mol. The highest BCUT2D eigenvalue weighted by molar-refractivity contribution is 5.37. The van der Waals surface area contributed by atoms with Crippen LogP contribution in [0.25, 0.3) is 5.95 Å². The summed E-state index contributed by atoms with van der Waals surface area (Å²) >= 11 is 0. The van der Waals surface area contributed by atoms with Crippen LogP contribution in [0.3, 0.4) is 0 Å². The molecule has 1 aliphatic rings. The van der Waals surface area contributed by atoms with E-state index in [1.165, 1.54) is 4.68 Å². The number of hydrogen-bond acceptors (Lipinski definition) is 8. The number of nitrogen functional groups attached to an aromatic ring is 1. The first-order chi connectivity index (χ1) is 9.74. The van der Waals surface area contributed by atoms with Crippen LogP contribution in [0.1, 0.15) is 12.8 Å². The highest BCUT2D eigenvalue weighted by atomic mass is 16.3. The van der Waals surface area contributed by atoms with Crippen molar-refractivity contribution in [2.24, 2.45) is 11.8 Å². The topological polar surface area (TPSA) is 127 Å². The van der Waals surface area contributed by atoms with Gasteiger partial charge in [-0.3, -0.25) is 5.43 Å². The van der Waals surface area contributed by atoms with Crippen LogP contribution in [0.2, 0.25) is 0 Å². The van der Waals surface area contributed by atoms with Gasteiger partial charge < -0.3 is 10.4 Å². The summed E-state index contributed by atoms with van der Waals surface area (Å²) < 4.78 is 1.53. The summed E-state index contributed by atoms with van der Waals surface area (Å²) in [7, 11) is 0. The molecule has 0 spiro atoms. The van der Waals surface area contributed by atoms with E-state index in [4.69, 9.17) is 5.84 Å². The Balaban J connectivity index is 1.74. The number of nitrogens with two attached hydrogens (primary N) is 1. The van der Waals surface area contributed by atoms with Gasteiger partial charge in [-0.05, 0) is 24.8 Å². The first kappa shape index (κ1) is 12.8. The summed E-state index contributed by atoms with van der Waals surface area (Å²) in [4.78, 5) is 12.6. The van der Waals surface area contributed by atoms with Crippen molar-refractivity contribution in [1.82, 2.24) is 24.7 Å². The first-order valence-electron chi connectivity index (χ1n) is 6.39. The van der Waals surface area contributed by atoms with E-state index in [1.807, 2.05) is 0 Å². The molecule has 5 N–H and O–H groups in total. The molecule has 20 heavy (non-hydrogen) atoms. The number of nitrogens with zero attached hydrogens (tertiary/aromatic N) is 5. The fraction of sp³-hybridized carbons (Fsp3) is 0.455. The largest absolute Gasteiger partial charge is 0.393 e. The molecule has 9 heteroatoms. The van der Waals surface area contributed by atoms with Crippen molar-refractivity contribution in [1.29, 1.82) is 0 Å². The lowest BCUT2D eigenvalue weighted by Gasteiger charge is -2.31. The van der Waals surface area contributed by atoms with Crippen LogP contribution in [0.5, 0.6) is 0 Å². The van der Waals surface area contributed by atoms with Gasteiger partial charge in [-0.15, -0.1) is 0 Å². The molecule has 1 aliphatic carbocycles. The summed E-state index contributed by atoms with van der Waals surface area (Å²) in [6, 6.07) is 1.78. The first-order valence-corrected chi connectivity index (χ1v) is 6.39. The minimum absolute atomic E-state index is 0.166. The fourth-order valence-corrected chi connectivity index (χ4v) is 2.10. The van der Waals surface area contributed by atoms with Crippen LogP contribution in [0.15, 0.2) is 18.5 Å². The highest BCUT2D eigenvalue weighted by Crippen LogP contribution is 2.26. The Bertz CT molecular complexity index is 566. The van der Waals surface area contributed by atoms with E-state index in [0.717, 1.165) is 12.8 Å². The van der Waals surface area contributed by atoms with E-state index < -0.39 is 0 Å². The van der Waals surface area contributed by atoms with Gasteiger partial charge in [-0.25, -0.2) is 10.5 Å². The molecule has 1 saturated carbocycles. The van der Waals surface area contributed by atoms with E-state index in [0.29, 0.717) is 24.4 Å². The quantitative estimate of drug-likeness (QED) is 0.426. The number of aliphatic hydroxyl groups is 1. The molecule has 0 aliphatic heterocycles. The van der Waals surface area contributed by atoms with Crippen LogP contribution in [-0.2, 0) is 0 Å². The van der Waals surface area contributed by atoms with Gasteiger partial charge in [0.25, 0.3) is 5.95 Å². The second-order valence-corrected chi connectivity index (χ2v) is 4.75. The van der Waals surface area contributed by atoms with Gasteiger partial charge in [-0.1, -0.05) is 0 Å². The number of aliphatic hydroxyl groups excluding tert-OH is 1. The second kappa shape index (κ2) is 5.39. The van der Waals surface area contributed by atoms with E-state index in [-0.39, 0.29) is 12.1 Å². The summed E-state index contributed by atoms with van der Waals surface area (Å²) in [5, 5.41) is 16.5. The predicted molar refractivity (Wildman–Crippen MR) is 72.0 cm³/mol. The van der Waals surface area contributed by atoms with Gasteiger partial charge in [-0.2, -0.15) is 20.1 Å². The SMILES string of the molecule is NNc1nc(NCC2CC(O)C2)nc(-n2cccn2)n1. The molecule has 0 aromatic carbocycles. The Kier molecular flexibility index (Phi) is 3.44. The Hall–Kier alpha value is -2.26. The van der Waals surface area contributed by atoms with E-state index in [1.54, 1.807) is 18.5 Å². The molecular formula is C11H16N8O. The Morgan fingerprint density at radius 1 is 1.30 bits per heavy atom. The van der Waals surface area contributed by atoms with Crippen molar-refractivity contribution in [2.75, 3.05) is 17.3 Å². The molecule has 2 aromatic rings. The maximum absolute atomic E-state index is 9.26. The van der Waals surface area contributed by atoms with E-state index in [2.05, 4.69) is 30.8 Å². The van der Waals surface area contributed by atoms with Crippen molar-refractivity contribution in [3.05, 3.63) is 18.5 Å². The average Bonchev–Trinajstić information content (AvgIpc) is 2.96.